The van der Waals surface area contributed by atoms with Crippen molar-refractivity contribution in [2.45, 2.75) is 33.1 Å². The Kier molecular flexibility index (Phi) is 6.89. The van der Waals surface area contributed by atoms with Gasteiger partial charge in [0.15, 0.2) is 5.89 Å². The molecular weight excluding hydrogens is 216 g/mol. The Morgan fingerprint density at radius 2 is 2.24 bits per heavy atom. The number of rotatable bonds is 9. The van der Waals surface area contributed by atoms with Crippen LogP contribution < -0.4 is 5.32 Å². The van der Waals surface area contributed by atoms with Crippen molar-refractivity contribution in [2.75, 3.05) is 26.8 Å². The summed E-state index contributed by atoms with van der Waals surface area (Å²) in [4.78, 5) is 4.25. The maximum absolute atomic E-state index is 5.59. The van der Waals surface area contributed by atoms with Crippen LogP contribution in [0.25, 0.3) is 0 Å². The van der Waals surface area contributed by atoms with Gasteiger partial charge in [0.1, 0.15) is 5.76 Å². The molecule has 1 N–H and O–H groups in total. The van der Waals surface area contributed by atoms with Gasteiger partial charge in [-0.3, -0.25) is 0 Å². The first kappa shape index (κ1) is 14.2. The van der Waals surface area contributed by atoms with Gasteiger partial charge in [-0.1, -0.05) is 13.8 Å². The third kappa shape index (κ3) is 6.44. The van der Waals surface area contributed by atoms with Crippen molar-refractivity contribution >= 4 is 0 Å². The van der Waals surface area contributed by atoms with Crippen LogP contribution in [-0.2, 0) is 17.6 Å². The van der Waals surface area contributed by atoms with Crippen LogP contribution in [0.4, 0.5) is 0 Å². The molecule has 0 radical (unpaired) electrons. The Morgan fingerprint density at radius 1 is 1.41 bits per heavy atom. The Balaban J connectivity index is 2.12. The molecule has 0 amide bonds. The molecule has 0 aliphatic heterocycles. The highest BCUT2D eigenvalue weighted by Gasteiger charge is 2.03. The van der Waals surface area contributed by atoms with Gasteiger partial charge >= 0.3 is 0 Å². The Hall–Kier alpha value is -0.870. The van der Waals surface area contributed by atoms with Crippen molar-refractivity contribution in [1.82, 2.24) is 10.3 Å². The highest BCUT2D eigenvalue weighted by Crippen LogP contribution is 2.06. The summed E-state index contributed by atoms with van der Waals surface area (Å²) in [5, 5.41) is 3.41. The van der Waals surface area contributed by atoms with Crippen molar-refractivity contribution in [1.29, 1.82) is 0 Å². The smallest absolute Gasteiger partial charge is 0.194 e. The molecule has 0 saturated carbocycles. The molecule has 1 aromatic heterocycles. The van der Waals surface area contributed by atoms with E-state index in [1.165, 1.54) is 0 Å². The minimum absolute atomic E-state index is 0.685. The van der Waals surface area contributed by atoms with Gasteiger partial charge in [0.05, 0.1) is 12.8 Å². The van der Waals surface area contributed by atoms with E-state index < -0.39 is 0 Å². The molecule has 1 rings (SSSR count). The zero-order valence-corrected chi connectivity index (χ0v) is 11.2. The molecule has 0 fully saturated rings. The fourth-order valence-corrected chi connectivity index (χ4v) is 1.54. The largest absolute Gasteiger partial charge is 0.446 e. The van der Waals surface area contributed by atoms with Crippen LogP contribution in [0.3, 0.4) is 0 Å². The third-order valence-electron chi connectivity index (χ3n) is 2.45. The van der Waals surface area contributed by atoms with E-state index in [1.807, 2.05) is 0 Å². The molecule has 17 heavy (non-hydrogen) atoms. The zero-order chi connectivity index (χ0) is 12.5. The summed E-state index contributed by atoms with van der Waals surface area (Å²) in [5.74, 6) is 2.46. The first-order valence-electron chi connectivity index (χ1n) is 6.35. The summed E-state index contributed by atoms with van der Waals surface area (Å²) in [5.41, 5.74) is 0. The first-order valence-corrected chi connectivity index (χ1v) is 6.35. The number of nitrogens with zero attached hydrogens (tertiary/aromatic N) is 1. The molecule has 0 aromatic carbocycles. The average Bonchev–Trinajstić information content (AvgIpc) is 2.73. The van der Waals surface area contributed by atoms with Gasteiger partial charge < -0.3 is 14.5 Å². The molecule has 0 spiro atoms. The molecule has 0 atom stereocenters. The van der Waals surface area contributed by atoms with E-state index in [0.29, 0.717) is 12.5 Å². The van der Waals surface area contributed by atoms with E-state index in [9.17, 15) is 0 Å². The van der Waals surface area contributed by atoms with E-state index >= 15 is 0 Å². The highest BCUT2D eigenvalue weighted by atomic mass is 16.5. The van der Waals surface area contributed by atoms with Crippen LogP contribution in [0.1, 0.15) is 31.9 Å². The Bertz CT molecular complexity index is 297. The summed E-state index contributed by atoms with van der Waals surface area (Å²) in [6.07, 6.45) is 4.57. The topological polar surface area (TPSA) is 47.3 Å². The second kappa shape index (κ2) is 8.25. The molecule has 1 heterocycles. The standard InChI is InChI=1S/C13H24N2O2/c1-11(2)9-14-7-4-5-13-15-10-12(17-13)6-8-16-3/h10-11,14H,4-9H2,1-3H3. The minimum atomic E-state index is 0.685. The van der Waals surface area contributed by atoms with Gasteiger partial charge in [0.2, 0.25) is 0 Å². The van der Waals surface area contributed by atoms with Crippen LogP contribution in [-0.4, -0.2) is 31.8 Å². The minimum Gasteiger partial charge on any atom is -0.446 e. The second-order valence-electron chi connectivity index (χ2n) is 4.66. The molecule has 0 bridgehead atoms. The summed E-state index contributed by atoms with van der Waals surface area (Å²) >= 11 is 0. The van der Waals surface area contributed by atoms with Gasteiger partial charge in [-0.2, -0.15) is 0 Å². The lowest BCUT2D eigenvalue weighted by atomic mass is 10.2. The molecular formula is C13H24N2O2. The lowest BCUT2D eigenvalue weighted by Crippen LogP contribution is -2.21. The predicted molar refractivity (Wildman–Crippen MR) is 68.1 cm³/mol. The number of nitrogens with one attached hydrogen (secondary N) is 1. The number of aromatic nitrogens is 1. The van der Waals surface area contributed by atoms with Gasteiger partial charge in [0, 0.05) is 20.0 Å². The molecule has 0 aliphatic rings. The van der Waals surface area contributed by atoms with E-state index in [1.54, 1.807) is 13.3 Å². The highest BCUT2D eigenvalue weighted by molar-refractivity contribution is 4.94. The monoisotopic (exact) mass is 240 g/mol. The molecule has 0 unspecified atom stereocenters. The summed E-state index contributed by atoms with van der Waals surface area (Å²) in [6.45, 7) is 7.20. The van der Waals surface area contributed by atoms with Crippen LogP contribution in [0.15, 0.2) is 10.6 Å². The molecule has 4 nitrogen and oxygen atoms in total. The molecule has 98 valence electrons. The fraction of sp³-hybridized carbons (Fsp3) is 0.769. The van der Waals surface area contributed by atoms with Gasteiger partial charge in [-0.15, -0.1) is 0 Å². The quantitative estimate of drug-likeness (QED) is 0.671. The fourth-order valence-electron chi connectivity index (χ4n) is 1.54. The Labute approximate surface area is 104 Å². The normalized spacial score (nSPS) is 11.3. The number of hydrogen-bond acceptors (Lipinski definition) is 4. The molecule has 0 saturated heterocycles. The van der Waals surface area contributed by atoms with Crippen molar-refractivity contribution in [3.63, 3.8) is 0 Å². The maximum Gasteiger partial charge on any atom is 0.194 e. The number of aryl methyl sites for hydroxylation is 1. The third-order valence-corrected chi connectivity index (χ3v) is 2.45. The van der Waals surface area contributed by atoms with Crippen LogP contribution in [0.2, 0.25) is 0 Å². The van der Waals surface area contributed by atoms with Crippen LogP contribution >= 0.6 is 0 Å². The summed E-state index contributed by atoms with van der Waals surface area (Å²) in [7, 11) is 1.69. The second-order valence-corrected chi connectivity index (χ2v) is 4.66. The zero-order valence-electron chi connectivity index (χ0n) is 11.2. The summed E-state index contributed by atoms with van der Waals surface area (Å²) < 4.78 is 10.6. The van der Waals surface area contributed by atoms with E-state index in [0.717, 1.165) is 44.0 Å². The lowest BCUT2D eigenvalue weighted by molar-refractivity contribution is 0.196. The number of hydrogen-bond donors (Lipinski definition) is 1. The van der Waals surface area contributed by atoms with Crippen LogP contribution in [0, 0.1) is 5.92 Å². The van der Waals surface area contributed by atoms with E-state index in [4.69, 9.17) is 9.15 Å². The van der Waals surface area contributed by atoms with E-state index in [-0.39, 0.29) is 0 Å². The molecule has 0 aliphatic carbocycles. The Morgan fingerprint density at radius 3 is 2.94 bits per heavy atom. The van der Waals surface area contributed by atoms with Gasteiger partial charge in [-0.25, -0.2) is 4.98 Å². The number of methoxy groups -OCH3 is 1. The predicted octanol–water partition coefficient (Wildman–Crippen LogP) is 2.04. The van der Waals surface area contributed by atoms with Crippen molar-refractivity contribution in [3.05, 3.63) is 17.8 Å². The molecule has 1 aromatic rings. The van der Waals surface area contributed by atoms with Crippen molar-refractivity contribution < 1.29 is 9.15 Å². The number of ether oxygens (including phenoxy) is 1. The van der Waals surface area contributed by atoms with E-state index in [2.05, 4.69) is 24.1 Å². The van der Waals surface area contributed by atoms with Gasteiger partial charge in [-0.05, 0) is 25.4 Å². The lowest BCUT2D eigenvalue weighted by Gasteiger charge is -2.05. The summed E-state index contributed by atoms with van der Waals surface area (Å²) in [6, 6.07) is 0. The molecule has 4 heteroatoms. The van der Waals surface area contributed by atoms with Crippen molar-refractivity contribution in [3.8, 4) is 0 Å². The maximum atomic E-state index is 5.59. The SMILES string of the molecule is COCCc1cnc(CCCNCC(C)C)o1. The first-order chi connectivity index (χ1) is 8.22. The van der Waals surface area contributed by atoms with Crippen molar-refractivity contribution in [2.24, 2.45) is 5.92 Å². The average molecular weight is 240 g/mol. The van der Waals surface area contributed by atoms with Crippen LogP contribution in [0.5, 0.6) is 0 Å². The number of oxazole rings is 1. The van der Waals surface area contributed by atoms with Gasteiger partial charge in [0.25, 0.3) is 0 Å².